The van der Waals surface area contributed by atoms with Crippen molar-refractivity contribution in [3.05, 3.63) is 4.88 Å². The molecule has 0 saturated carbocycles. The van der Waals surface area contributed by atoms with Crippen LogP contribution in [0.25, 0.3) is 0 Å². The summed E-state index contributed by atoms with van der Waals surface area (Å²) in [5.74, 6) is 0.641. The number of Topliss-reactive ketones (excluding diaryl/α,β-unsaturated/α-hetero) is 1. The zero-order chi connectivity index (χ0) is 15.0. The zero-order valence-electron chi connectivity index (χ0n) is 12.5. The lowest BCUT2D eigenvalue weighted by Crippen LogP contribution is -2.02. The van der Waals surface area contributed by atoms with Crippen LogP contribution >= 0.6 is 11.3 Å². The van der Waals surface area contributed by atoms with Gasteiger partial charge in [-0.1, -0.05) is 6.92 Å². The van der Waals surface area contributed by atoms with E-state index in [9.17, 15) is 4.79 Å². The molecule has 0 aliphatic carbocycles. The van der Waals surface area contributed by atoms with Gasteiger partial charge in [0.1, 0.15) is 5.00 Å². The number of nitrogens with one attached hydrogen (secondary N) is 1. The zero-order valence-corrected chi connectivity index (χ0v) is 13.3. The van der Waals surface area contributed by atoms with Crippen LogP contribution in [0.3, 0.4) is 0 Å². The molecule has 1 aromatic rings. The van der Waals surface area contributed by atoms with Gasteiger partial charge in [-0.25, -0.2) is 0 Å². The van der Waals surface area contributed by atoms with Gasteiger partial charge in [0.05, 0.1) is 17.7 Å². The van der Waals surface area contributed by atoms with Gasteiger partial charge < -0.3 is 20.5 Å². The lowest BCUT2D eigenvalue weighted by Gasteiger charge is -2.06. The molecule has 5 nitrogen and oxygen atoms in total. The summed E-state index contributed by atoms with van der Waals surface area (Å²) < 4.78 is 10.3. The van der Waals surface area contributed by atoms with Gasteiger partial charge in [0, 0.05) is 26.7 Å². The first-order valence-corrected chi connectivity index (χ1v) is 7.69. The molecule has 6 heteroatoms. The summed E-state index contributed by atoms with van der Waals surface area (Å²) in [6.45, 7) is 3.46. The van der Waals surface area contributed by atoms with E-state index < -0.39 is 0 Å². The molecule has 114 valence electrons. The van der Waals surface area contributed by atoms with Gasteiger partial charge in [0.2, 0.25) is 0 Å². The first-order chi connectivity index (χ1) is 9.65. The maximum Gasteiger partial charge on any atom is 0.176 e. The van der Waals surface area contributed by atoms with Gasteiger partial charge in [-0.15, -0.1) is 11.3 Å². The highest BCUT2D eigenvalue weighted by Gasteiger charge is 2.20. The molecular formula is C14H24N2O3S. The third-order valence-electron chi connectivity index (χ3n) is 2.99. The van der Waals surface area contributed by atoms with Crippen LogP contribution in [-0.4, -0.2) is 33.2 Å². The molecule has 0 fully saturated rings. The third kappa shape index (κ3) is 4.38. The normalized spacial score (nSPS) is 10.6. The minimum Gasteiger partial charge on any atom is -0.492 e. The molecule has 0 radical (unpaired) electrons. The number of ether oxygens (including phenoxy) is 2. The number of nitrogens with two attached hydrogens (primary N) is 1. The predicted octanol–water partition coefficient (Wildman–Crippen LogP) is 3.16. The fourth-order valence-corrected chi connectivity index (χ4v) is 2.99. The number of unbranched alkanes of at least 4 members (excludes halogenated alkanes) is 2. The molecule has 0 aliphatic rings. The Morgan fingerprint density at radius 2 is 2.05 bits per heavy atom. The SMILES string of the molecule is CCC(=O)c1sc(NCCCCCOC)c(OC)c1N. The summed E-state index contributed by atoms with van der Waals surface area (Å²) in [7, 11) is 3.28. The third-order valence-corrected chi connectivity index (χ3v) is 4.17. The van der Waals surface area contributed by atoms with Crippen LogP contribution < -0.4 is 15.8 Å². The van der Waals surface area contributed by atoms with E-state index in [1.54, 1.807) is 14.2 Å². The molecule has 3 N–H and O–H groups in total. The molecule has 0 spiro atoms. The first kappa shape index (κ1) is 16.8. The van der Waals surface area contributed by atoms with Crippen LogP contribution in [0.15, 0.2) is 0 Å². The van der Waals surface area contributed by atoms with Crippen molar-refractivity contribution in [3.8, 4) is 5.75 Å². The minimum atomic E-state index is 0.0546. The Morgan fingerprint density at radius 1 is 1.30 bits per heavy atom. The Kier molecular flexibility index (Phi) is 7.40. The number of rotatable bonds is 10. The van der Waals surface area contributed by atoms with Crippen molar-refractivity contribution in [1.29, 1.82) is 0 Å². The number of methoxy groups -OCH3 is 2. The quantitative estimate of drug-likeness (QED) is 0.513. The van der Waals surface area contributed by atoms with Crippen molar-refractivity contribution in [2.24, 2.45) is 0 Å². The van der Waals surface area contributed by atoms with E-state index in [0.29, 0.717) is 22.7 Å². The molecule has 0 saturated heterocycles. The van der Waals surface area contributed by atoms with Gasteiger partial charge in [0.15, 0.2) is 11.5 Å². The first-order valence-electron chi connectivity index (χ1n) is 6.87. The van der Waals surface area contributed by atoms with E-state index in [0.717, 1.165) is 37.4 Å². The summed E-state index contributed by atoms with van der Waals surface area (Å²) in [4.78, 5) is 12.4. The number of hydrogen-bond acceptors (Lipinski definition) is 6. The number of thiophene rings is 1. The van der Waals surface area contributed by atoms with E-state index in [1.165, 1.54) is 11.3 Å². The Balaban J connectivity index is 2.58. The van der Waals surface area contributed by atoms with Crippen molar-refractivity contribution in [1.82, 2.24) is 0 Å². The van der Waals surface area contributed by atoms with Gasteiger partial charge in [-0.05, 0) is 19.3 Å². The highest BCUT2D eigenvalue weighted by molar-refractivity contribution is 7.19. The number of anilines is 2. The molecule has 0 atom stereocenters. The molecular weight excluding hydrogens is 276 g/mol. The van der Waals surface area contributed by atoms with Gasteiger partial charge in [-0.2, -0.15) is 0 Å². The number of hydrogen-bond donors (Lipinski definition) is 2. The Labute approximate surface area is 124 Å². The second-order valence-corrected chi connectivity index (χ2v) is 5.48. The van der Waals surface area contributed by atoms with E-state index in [2.05, 4.69) is 5.32 Å². The van der Waals surface area contributed by atoms with Crippen LogP contribution in [-0.2, 0) is 4.74 Å². The molecule has 1 aromatic heterocycles. The van der Waals surface area contributed by atoms with Crippen molar-refractivity contribution in [3.63, 3.8) is 0 Å². The second-order valence-electron chi connectivity index (χ2n) is 4.46. The van der Waals surface area contributed by atoms with Crippen LogP contribution in [0, 0.1) is 0 Å². The fourth-order valence-electron chi connectivity index (χ4n) is 1.87. The Morgan fingerprint density at radius 3 is 2.65 bits per heavy atom. The topological polar surface area (TPSA) is 73.6 Å². The largest absolute Gasteiger partial charge is 0.492 e. The Hall–Kier alpha value is -1.27. The van der Waals surface area contributed by atoms with Crippen LogP contribution in [0.1, 0.15) is 42.3 Å². The van der Waals surface area contributed by atoms with E-state index in [4.69, 9.17) is 15.2 Å². The summed E-state index contributed by atoms with van der Waals surface area (Å²) in [6, 6.07) is 0. The van der Waals surface area contributed by atoms with Crippen molar-refractivity contribution in [2.75, 3.05) is 38.4 Å². The Bertz CT molecular complexity index is 432. The smallest absolute Gasteiger partial charge is 0.176 e. The maximum atomic E-state index is 11.8. The number of carbonyl (C=O) groups excluding carboxylic acids is 1. The summed E-state index contributed by atoms with van der Waals surface area (Å²) in [5, 5.41) is 4.14. The highest BCUT2D eigenvalue weighted by atomic mass is 32.1. The highest BCUT2D eigenvalue weighted by Crippen LogP contribution is 2.42. The molecule has 0 aliphatic heterocycles. The summed E-state index contributed by atoms with van der Waals surface area (Å²) in [5.41, 5.74) is 6.42. The lowest BCUT2D eigenvalue weighted by molar-refractivity contribution is 0.0992. The van der Waals surface area contributed by atoms with Crippen molar-refractivity contribution < 1.29 is 14.3 Å². The molecule has 0 unspecified atom stereocenters. The van der Waals surface area contributed by atoms with Gasteiger partial charge in [0.25, 0.3) is 0 Å². The molecule has 0 bridgehead atoms. The summed E-state index contributed by atoms with van der Waals surface area (Å²) >= 11 is 1.38. The minimum absolute atomic E-state index is 0.0546. The van der Waals surface area contributed by atoms with Crippen LogP contribution in [0.2, 0.25) is 0 Å². The average Bonchev–Trinajstić information content (AvgIpc) is 2.78. The van der Waals surface area contributed by atoms with Crippen LogP contribution in [0.4, 0.5) is 10.7 Å². The standard InChI is InChI=1S/C14H24N2O3S/c1-4-10(17)13-11(15)12(19-3)14(20-13)16-8-6-5-7-9-18-2/h16H,4-9,15H2,1-3H3. The molecule has 1 rings (SSSR count). The summed E-state index contributed by atoms with van der Waals surface area (Å²) in [6.07, 6.45) is 3.65. The molecule has 0 amide bonds. The van der Waals surface area contributed by atoms with Gasteiger partial charge >= 0.3 is 0 Å². The number of nitrogen functional groups attached to an aromatic ring is 1. The van der Waals surface area contributed by atoms with Crippen LogP contribution in [0.5, 0.6) is 5.75 Å². The van der Waals surface area contributed by atoms with E-state index in [-0.39, 0.29) is 5.78 Å². The van der Waals surface area contributed by atoms with E-state index in [1.807, 2.05) is 6.92 Å². The van der Waals surface area contributed by atoms with Crippen molar-refractivity contribution >= 4 is 27.8 Å². The second kappa shape index (κ2) is 8.81. The average molecular weight is 300 g/mol. The number of carbonyl (C=O) groups is 1. The van der Waals surface area contributed by atoms with Crippen molar-refractivity contribution in [2.45, 2.75) is 32.6 Å². The fraction of sp³-hybridized carbons (Fsp3) is 0.643. The molecule has 0 aromatic carbocycles. The monoisotopic (exact) mass is 300 g/mol. The lowest BCUT2D eigenvalue weighted by atomic mass is 10.2. The van der Waals surface area contributed by atoms with E-state index >= 15 is 0 Å². The molecule has 1 heterocycles. The van der Waals surface area contributed by atoms with Gasteiger partial charge in [-0.3, -0.25) is 4.79 Å². The maximum absolute atomic E-state index is 11.8. The predicted molar refractivity (Wildman–Crippen MR) is 84.1 cm³/mol. The molecule has 20 heavy (non-hydrogen) atoms. The number of ketones is 1.